The van der Waals surface area contributed by atoms with Crippen LogP contribution in [0.1, 0.15) is 39.5 Å². The van der Waals surface area contributed by atoms with Gasteiger partial charge in [0.15, 0.2) is 0 Å². The molecule has 0 atom stereocenters. The van der Waals surface area contributed by atoms with E-state index in [-0.39, 0.29) is 17.9 Å². The summed E-state index contributed by atoms with van der Waals surface area (Å²) in [6, 6.07) is 5.44. The topological polar surface area (TPSA) is 58.6 Å². The lowest BCUT2D eigenvalue weighted by molar-refractivity contribution is -0.125. The van der Waals surface area contributed by atoms with Gasteiger partial charge in [0, 0.05) is 37.0 Å². The molecule has 0 spiro atoms. The monoisotopic (exact) mass is 408 g/mol. The fourth-order valence-corrected chi connectivity index (χ4v) is 3.13. The van der Waals surface area contributed by atoms with Crippen LogP contribution in [0.2, 0.25) is 0 Å². The number of halogens is 1. The smallest absolute Gasteiger partial charge is 0.252 e. The molecule has 1 N–H and O–H groups in total. The summed E-state index contributed by atoms with van der Waals surface area (Å²) < 4.78 is 6.57. The molecule has 1 aliphatic carbocycles. The van der Waals surface area contributed by atoms with Gasteiger partial charge in [0.1, 0.15) is 5.75 Å². The molecule has 1 aromatic carbocycles. The molecule has 136 valence electrons. The maximum Gasteiger partial charge on any atom is 0.252 e. The highest BCUT2D eigenvalue weighted by molar-refractivity contribution is 9.10. The van der Waals surface area contributed by atoms with Gasteiger partial charge in [-0.3, -0.25) is 9.59 Å². The van der Waals surface area contributed by atoms with Crippen molar-refractivity contribution < 1.29 is 14.3 Å². The van der Waals surface area contributed by atoms with Gasteiger partial charge in [-0.15, -0.1) is 0 Å². The molecule has 0 bridgehead atoms. The van der Waals surface area contributed by atoms with Crippen LogP contribution in [0.15, 0.2) is 33.8 Å². The van der Waals surface area contributed by atoms with Crippen molar-refractivity contribution in [3.05, 3.63) is 33.8 Å². The van der Waals surface area contributed by atoms with Crippen molar-refractivity contribution in [2.45, 2.75) is 45.6 Å². The standard InChI is InChI=1S/C19H25BrN2O3/c1-12(2)25-17-11-13(9-10-16(17)20)21-18(23)14-7-5-6-8-15(14)19(24)22(3)4/h9-12H,5-8H2,1-4H3,(H,21,23). The predicted octanol–water partition coefficient (Wildman–Crippen LogP) is 4.13. The third kappa shape index (κ3) is 5.08. The fourth-order valence-electron chi connectivity index (χ4n) is 2.79. The van der Waals surface area contributed by atoms with Gasteiger partial charge in [-0.1, -0.05) is 0 Å². The van der Waals surface area contributed by atoms with Gasteiger partial charge < -0.3 is 15.0 Å². The Morgan fingerprint density at radius 3 is 2.40 bits per heavy atom. The molecule has 0 aliphatic heterocycles. The number of carbonyl (C=O) groups excluding carboxylic acids is 2. The molecular weight excluding hydrogens is 384 g/mol. The van der Waals surface area contributed by atoms with Crippen molar-refractivity contribution in [3.63, 3.8) is 0 Å². The number of nitrogens with one attached hydrogen (secondary N) is 1. The van der Waals surface area contributed by atoms with Crippen molar-refractivity contribution in [2.75, 3.05) is 19.4 Å². The number of benzene rings is 1. The first-order chi connectivity index (χ1) is 11.8. The van der Waals surface area contributed by atoms with Gasteiger partial charge in [0.05, 0.1) is 10.6 Å². The number of hydrogen-bond donors (Lipinski definition) is 1. The summed E-state index contributed by atoms with van der Waals surface area (Å²) in [5.41, 5.74) is 1.88. The van der Waals surface area contributed by atoms with Crippen molar-refractivity contribution in [3.8, 4) is 5.75 Å². The van der Waals surface area contributed by atoms with E-state index in [9.17, 15) is 9.59 Å². The second-order valence-corrected chi connectivity index (χ2v) is 7.48. The molecule has 0 unspecified atom stereocenters. The Bertz CT molecular complexity index is 696. The van der Waals surface area contributed by atoms with Crippen molar-refractivity contribution in [1.82, 2.24) is 4.90 Å². The van der Waals surface area contributed by atoms with E-state index >= 15 is 0 Å². The summed E-state index contributed by atoms with van der Waals surface area (Å²) >= 11 is 3.45. The summed E-state index contributed by atoms with van der Waals surface area (Å²) in [4.78, 5) is 26.6. The van der Waals surface area contributed by atoms with Crippen LogP contribution >= 0.6 is 15.9 Å². The van der Waals surface area contributed by atoms with Gasteiger partial charge >= 0.3 is 0 Å². The highest BCUT2D eigenvalue weighted by atomic mass is 79.9. The minimum Gasteiger partial charge on any atom is -0.490 e. The lowest BCUT2D eigenvalue weighted by Crippen LogP contribution is -2.28. The van der Waals surface area contributed by atoms with Crippen LogP contribution in [0.5, 0.6) is 5.75 Å². The molecule has 25 heavy (non-hydrogen) atoms. The van der Waals surface area contributed by atoms with Gasteiger partial charge in [0.2, 0.25) is 5.91 Å². The molecule has 0 fully saturated rings. The quantitative estimate of drug-likeness (QED) is 0.796. The Morgan fingerprint density at radius 2 is 1.80 bits per heavy atom. The highest BCUT2D eigenvalue weighted by Crippen LogP contribution is 2.31. The first-order valence-electron chi connectivity index (χ1n) is 8.50. The molecule has 2 rings (SSSR count). The van der Waals surface area contributed by atoms with Crippen LogP contribution in [0.25, 0.3) is 0 Å². The number of likely N-dealkylation sites (N-methyl/N-ethyl adjacent to an activating group) is 1. The largest absolute Gasteiger partial charge is 0.490 e. The minimum atomic E-state index is -0.206. The number of carbonyl (C=O) groups is 2. The minimum absolute atomic E-state index is 0.0348. The number of nitrogens with zero attached hydrogens (tertiary/aromatic N) is 1. The third-order valence-corrected chi connectivity index (χ3v) is 4.61. The maximum atomic E-state index is 12.7. The first kappa shape index (κ1) is 19.5. The summed E-state index contributed by atoms with van der Waals surface area (Å²) in [6.07, 6.45) is 3.19. The molecule has 2 amide bonds. The zero-order valence-electron chi connectivity index (χ0n) is 15.2. The van der Waals surface area contributed by atoms with Crippen LogP contribution in [-0.4, -0.2) is 36.9 Å². The predicted molar refractivity (Wildman–Crippen MR) is 103 cm³/mol. The van der Waals surface area contributed by atoms with Crippen LogP contribution in [-0.2, 0) is 9.59 Å². The van der Waals surface area contributed by atoms with Crippen LogP contribution in [0, 0.1) is 0 Å². The molecule has 0 radical (unpaired) electrons. The molecular formula is C19H25BrN2O3. The summed E-state index contributed by atoms with van der Waals surface area (Å²) in [7, 11) is 3.42. The van der Waals surface area contributed by atoms with Gasteiger partial charge in [-0.05, 0) is 67.6 Å². The van der Waals surface area contributed by atoms with Crippen LogP contribution < -0.4 is 10.1 Å². The van der Waals surface area contributed by atoms with E-state index in [4.69, 9.17) is 4.74 Å². The zero-order chi connectivity index (χ0) is 18.6. The fraction of sp³-hybridized carbons (Fsp3) is 0.474. The molecule has 0 aromatic heterocycles. The third-order valence-electron chi connectivity index (χ3n) is 3.96. The molecule has 6 heteroatoms. The number of anilines is 1. The number of rotatable bonds is 5. The molecule has 1 aromatic rings. The highest BCUT2D eigenvalue weighted by Gasteiger charge is 2.25. The van der Waals surface area contributed by atoms with Crippen LogP contribution in [0.4, 0.5) is 5.69 Å². The SMILES string of the molecule is CC(C)Oc1cc(NC(=O)C2=C(C(=O)N(C)C)CCCC2)ccc1Br. The second-order valence-electron chi connectivity index (χ2n) is 6.63. The Balaban J connectivity index is 2.24. The molecule has 0 saturated heterocycles. The van der Waals surface area contributed by atoms with E-state index in [2.05, 4.69) is 21.2 Å². The van der Waals surface area contributed by atoms with Crippen molar-refractivity contribution >= 4 is 33.4 Å². The molecule has 5 nitrogen and oxygen atoms in total. The zero-order valence-corrected chi connectivity index (χ0v) is 16.8. The van der Waals surface area contributed by atoms with E-state index in [1.807, 2.05) is 26.0 Å². The number of hydrogen-bond acceptors (Lipinski definition) is 3. The van der Waals surface area contributed by atoms with E-state index in [0.717, 1.165) is 17.3 Å². The van der Waals surface area contributed by atoms with E-state index in [1.54, 1.807) is 20.2 Å². The Kier molecular flexibility index (Phi) is 6.64. The average molecular weight is 409 g/mol. The molecule has 0 saturated carbocycles. The number of amides is 2. The van der Waals surface area contributed by atoms with E-state index in [1.165, 1.54) is 4.90 Å². The second kappa shape index (κ2) is 8.52. The Labute approximate surface area is 157 Å². The summed E-state index contributed by atoms with van der Waals surface area (Å²) in [5.74, 6) is 0.391. The van der Waals surface area contributed by atoms with E-state index < -0.39 is 0 Å². The van der Waals surface area contributed by atoms with Gasteiger partial charge in [0.25, 0.3) is 5.91 Å². The lowest BCUT2D eigenvalue weighted by atomic mass is 9.90. The first-order valence-corrected chi connectivity index (χ1v) is 9.30. The molecule has 1 aliphatic rings. The maximum absolute atomic E-state index is 12.7. The van der Waals surface area contributed by atoms with Crippen molar-refractivity contribution in [1.29, 1.82) is 0 Å². The Morgan fingerprint density at radius 1 is 1.16 bits per heavy atom. The van der Waals surface area contributed by atoms with E-state index in [0.29, 0.717) is 35.4 Å². The average Bonchev–Trinajstić information content (AvgIpc) is 2.56. The molecule has 0 heterocycles. The summed E-state index contributed by atoms with van der Waals surface area (Å²) in [5, 5.41) is 2.91. The van der Waals surface area contributed by atoms with Crippen LogP contribution in [0.3, 0.4) is 0 Å². The summed E-state index contributed by atoms with van der Waals surface area (Å²) in [6.45, 7) is 3.90. The Hall–Kier alpha value is -1.82. The van der Waals surface area contributed by atoms with Gasteiger partial charge in [-0.25, -0.2) is 0 Å². The normalized spacial score (nSPS) is 14.5. The van der Waals surface area contributed by atoms with Crippen molar-refractivity contribution in [2.24, 2.45) is 0 Å². The lowest BCUT2D eigenvalue weighted by Gasteiger charge is -2.22. The van der Waals surface area contributed by atoms with Gasteiger partial charge in [-0.2, -0.15) is 0 Å². The number of ether oxygens (including phenoxy) is 1.